The minimum atomic E-state index is 0.163. The van der Waals surface area contributed by atoms with Crippen LogP contribution in [0.15, 0.2) is 65.8 Å². The highest BCUT2D eigenvalue weighted by atomic mass is 16.4. The van der Waals surface area contributed by atoms with E-state index < -0.39 is 0 Å². The van der Waals surface area contributed by atoms with E-state index in [0.717, 1.165) is 12.1 Å². The number of oxime groups is 1. The van der Waals surface area contributed by atoms with E-state index in [1.54, 1.807) is 0 Å². The predicted molar refractivity (Wildman–Crippen MR) is 84.5 cm³/mol. The second-order valence-corrected chi connectivity index (χ2v) is 5.60. The molecule has 1 heterocycles. The van der Waals surface area contributed by atoms with E-state index in [4.69, 9.17) is 0 Å². The highest BCUT2D eigenvalue weighted by molar-refractivity contribution is 5.88. The molecule has 3 nitrogen and oxygen atoms in total. The number of hydrogen-bond acceptors (Lipinski definition) is 3. The first kappa shape index (κ1) is 13.8. The van der Waals surface area contributed by atoms with E-state index in [-0.39, 0.29) is 18.0 Å². The van der Waals surface area contributed by atoms with E-state index >= 15 is 0 Å². The molecule has 0 radical (unpaired) electrons. The molecule has 0 saturated carbocycles. The fraction of sp³-hybridized carbons (Fsp3) is 0.278. The van der Waals surface area contributed by atoms with Crippen molar-refractivity contribution in [2.75, 3.05) is 0 Å². The van der Waals surface area contributed by atoms with Crippen molar-refractivity contribution in [2.24, 2.45) is 11.1 Å². The monoisotopic (exact) mass is 280 g/mol. The first-order valence-corrected chi connectivity index (χ1v) is 7.36. The molecule has 2 aromatic carbocycles. The number of nitrogens with zero attached hydrogens (tertiary/aromatic N) is 1. The van der Waals surface area contributed by atoms with Crippen molar-refractivity contribution in [1.29, 1.82) is 0 Å². The molecule has 0 aliphatic carbocycles. The average Bonchev–Trinajstić information content (AvgIpc) is 2.56. The summed E-state index contributed by atoms with van der Waals surface area (Å²) in [4.78, 5) is 0. The van der Waals surface area contributed by atoms with Gasteiger partial charge in [0.15, 0.2) is 0 Å². The topological polar surface area (TPSA) is 44.6 Å². The smallest absolute Gasteiger partial charge is 0.0636 e. The molecular formula is C18H20N2O. The Labute approximate surface area is 125 Å². The predicted octanol–water partition coefficient (Wildman–Crippen LogP) is 3.93. The van der Waals surface area contributed by atoms with Crippen LogP contribution < -0.4 is 5.32 Å². The van der Waals surface area contributed by atoms with Crippen LogP contribution in [0.25, 0.3) is 0 Å². The van der Waals surface area contributed by atoms with Gasteiger partial charge in [-0.1, -0.05) is 72.7 Å². The minimum Gasteiger partial charge on any atom is -0.411 e. The van der Waals surface area contributed by atoms with Crippen molar-refractivity contribution in [1.82, 2.24) is 5.32 Å². The highest BCUT2D eigenvalue weighted by Crippen LogP contribution is 2.35. The largest absolute Gasteiger partial charge is 0.411 e. The summed E-state index contributed by atoms with van der Waals surface area (Å²) in [6.07, 6.45) is 0.741. The van der Waals surface area contributed by atoms with Crippen molar-refractivity contribution in [3.05, 3.63) is 71.8 Å². The Bertz CT molecular complexity index is 610. The van der Waals surface area contributed by atoms with Crippen molar-refractivity contribution < 1.29 is 5.21 Å². The Morgan fingerprint density at radius 3 is 2.10 bits per heavy atom. The maximum absolute atomic E-state index is 9.35. The molecule has 1 aliphatic rings. The first-order chi connectivity index (χ1) is 10.3. The lowest BCUT2D eigenvalue weighted by molar-refractivity contribution is 0.294. The summed E-state index contributed by atoms with van der Waals surface area (Å²) in [6.45, 7) is 2.11. The summed E-state index contributed by atoms with van der Waals surface area (Å²) < 4.78 is 0. The zero-order valence-corrected chi connectivity index (χ0v) is 12.1. The van der Waals surface area contributed by atoms with Gasteiger partial charge in [-0.15, -0.1) is 0 Å². The van der Waals surface area contributed by atoms with Crippen LogP contribution in [-0.4, -0.2) is 10.9 Å². The Hall–Kier alpha value is -2.13. The molecule has 0 spiro atoms. The van der Waals surface area contributed by atoms with Crippen molar-refractivity contribution in [3.8, 4) is 0 Å². The van der Waals surface area contributed by atoms with Crippen molar-refractivity contribution in [3.63, 3.8) is 0 Å². The summed E-state index contributed by atoms with van der Waals surface area (Å²) in [5.74, 6) is 0.178. The molecule has 2 N–H and O–H groups in total. The zero-order valence-electron chi connectivity index (χ0n) is 12.1. The number of benzene rings is 2. The Kier molecular flexibility index (Phi) is 4.02. The molecule has 3 heteroatoms. The maximum Gasteiger partial charge on any atom is 0.0636 e. The molecule has 1 aliphatic heterocycles. The van der Waals surface area contributed by atoms with Gasteiger partial charge in [0.1, 0.15) is 0 Å². The summed E-state index contributed by atoms with van der Waals surface area (Å²) in [5, 5.41) is 16.6. The molecular weight excluding hydrogens is 260 g/mol. The lowest BCUT2D eigenvalue weighted by atomic mass is 9.81. The van der Waals surface area contributed by atoms with Crippen molar-refractivity contribution >= 4 is 5.71 Å². The number of nitrogens with one attached hydrogen (secondary N) is 1. The fourth-order valence-electron chi connectivity index (χ4n) is 3.08. The molecule has 0 unspecified atom stereocenters. The average molecular weight is 280 g/mol. The van der Waals surface area contributed by atoms with Crippen molar-refractivity contribution in [2.45, 2.75) is 25.4 Å². The van der Waals surface area contributed by atoms with Crippen LogP contribution in [0.4, 0.5) is 0 Å². The third kappa shape index (κ3) is 2.83. The summed E-state index contributed by atoms with van der Waals surface area (Å²) in [7, 11) is 0. The van der Waals surface area contributed by atoms with E-state index in [1.165, 1.54) is 11.1 Å². The normalized spacial score (nSPS) is 27.7. The second kappa shape index (κ2) is 6.10. The summed E-state index contributed by atoms with van der Waals surface area (Å²) in [5.41, 5.74) is 3.31. The van der Waals surface area contributed by atoms with E-state index in [1.807, 2.05) is 36.4 Å². The van der Waals surface area contributed by atoms with E-state index in [2.05, 4.69) is 41.7 Å². The molecule has 108 valence electrons. The van der Waals surface area contributed by atoms with E-state index in [9.17, 15) is 5.21 Å². The molecule has 0 aromatic heterocycles. The van der Waals surface area contributed by atoms with Gasteiger partial charge in [0.25, 0.3) is 0 Å². The standard InChI is InChI=1S/C18H20N2O/c1-13-16(20-21)12-17(14-8-4-2-5-9-14)19-18(13)15-10-6-3-7-11-15/h2-11,13,17-19,21H,12H2,1H3/t13-,17+,18-/m1/s1. The molecule has 1 saturated heterocycles. The zero-order chi connectivity index (χ0) is 14.7. The lowest BCUT2D eigenvalue weighted by Crippen LogP contribution is -2.41. The third-order valence-corrected chi connectivity index (χ3v) is 4.31. The van der Waals surface area contributed by atoms with Crippen LogP contribution in [0.2, 0.25) is 0 Å². The quantitative estimate of drug-likeness (QED) is 0.646. The minimum absolute atomic E-state index is 0.163. The highest BCUT2D eigenvalue weighted by Gasteiger charge is 2.33. The number of rotatable bonds is 2. The molecule has 0 amide bonds. The molecule has 2 aromatic rings. The van der Waals surface area contributed by atoms with Crippen LogP contribution in [-0.2, 0) is 0 Å². The summed E-state index contributed by atoms with van der Waals surface area (Å²) >= 11 is 0. The van der Waals surface area contributed by atoms with Gasteiger partial charge < -0.3 is 10.5 Å². The van der Waals surface area contributed by atoms with E-state index in [0.29, 0.717) is 0 Å². The third-order valence-electron chi connectivity index (χ3n) is 4.31. The Morgan fingerprint density at radius 1 is 0.952 bits per heavy atom. The van der Waals surface area contributed by atoms with Crippen LogP contribution in [0, 0.1) is 5.92 Å². The van der Waals surface area contributed by atoms with Gasteiger partial charge in [-0.2, -0.15) is 0 Å². The van der Waals surface area contributed by atoms with Gasteiger partial charge in [-0.05, 0) is 11.1 Å². The number of hydrogen-bond donors (Lipinski definition) is 2. The van der Waals surface area contributed by atoms with Gasteiger partial charge >= 0.3 is 0 Å². The van der Waals surface area contributed by atoms with Gasteiger partial charge in [0, 0.05) is 24.4 Å². The first-order valence-electron chi connectivity index (χ1n) is 7.36. The van der Waals surface area contributed by atoms with Crippen LogP contribution in [0.1, 0.15) is 36.6 Å². The molecule has 3 atom stereocenters. The Balaban J connectivity index is 1.93. The molecule has 1 fully saturated rings. The van der Waals surface area contributed by atoms with Gasteiger partial charge in [-0.3, -0.25) is 0 Å². The van der Waals surface area contributed by atoms with Crippen LogP contribution in [0.5, 0.6) is 0 Å². The summed E-state index contributed by atoms with van der Waals surface area (Å²) in [6, 6.07) is 21.0. The number of piperidine rings is 1. The molecule has 0 bridgehead atoms. The SMILES string of the molecule is C[C@@H]1C(=NO)C[C@@H](c2ccccc2)N[C@H]1c1ccccc1. The second-order valence-electron chi connectivity index (χ2n) is 5.60. The van der Waals surface area contributed by atoms with Gasteiger partial charge in [-0.25, -0.2) is 0 Å². The molecule has 3 rings (SSSR count). The van der Waals surface area contributed by atoms with Gasteiger partial charge in [0.2, 0.25) is 0 Å². The Morgan fingerprint density at radius 2 is 1.52 bits per heavy atom. The maximum atomic E-state index is 9.35. The lowest BCUT2D eigenvalue weighted by Gasteiger charge is -2.37. The van der Waals surface area contributed by atoms with Crippen LogP contribution in [0.3, 0.4) is 0 Å². The van der Waals surface area contributed by atoms with Crippen LogP contribution >= 0.6 is 0 Å². The van der Waals surface area contributed by atoms with Gasteiger partial charge in [0.05, 0.1) is 5.71 Å². The fourth-order valence-corrected chi connectivity index (χ4v) is 3.08. The molecule has 21 heavy (non-hydrogen) atoms.